The van der Waals surface area contributed by atoms with Gasteiger partial charge >= 0.3 is 0 Å². The molecule has 1 aromatic carbocycles. The summed E-state index contributed by atoms with van der Waals surface area (Å²) in [6.45, 7) is 1.13. The van der Waals surface area contributed by atoms with Gasteiger partial charge in [0.1, 0.15) is 0 Å². The molecule has 1 saturated heterocycles. The fraction of sp³-hybridized carbons (Fsp3) is 0.333. The summed E-state index contributed by atoms with van der Waals surface area (Å²) in [5.74, 6) is -0.275. The lowest BCUT2D eigenvalue weighted by molar-refractivity contribution is -0.384. The second kappa shape index (κ2) is 6.07. The third kappa shape index (κ3) is 3.01. The Morgan fingerprint density at radius 2 is 2.26 bits per heavy atom. The molecule has 0 unspecified atom stereocenters. The van der Waals surface area contributed by atoms with Crippen LogP contribution in [-0.4, -0.2) is 38.6 Å². The fourth-order valence-corrected chi connectivity index (χ4v) is 2.87. The van der Waals surface area contributed by atoms with E-state index in [9.17, 15) is 14.9 Å². The molecule has 3 rings (SSSR count). The van der Waals surface area contributed by atoms with Gasteiger partial charge in [0.15, 0.2) is 0 Å². The topological polar surface area (TPSA) is 107 Å². The van der Waals surface area contributed by atoms with Gasteiger partial charge < -0.3 is 10.6 Å². The van der Waals surface area contributed by atoms with E-state index in [1.165, 1.54) is 18.2 Å². The van der Waals surface area contributed by atoms with E-state index >= 15 is 0 Å². The van der Waals surface area contributed by atoms with Crippen molar-refractivity contribution in [1.29, 1.82) is 0 Å². The number of amides is 1. The number of anilines is 1. The number of aromatic nitrogens is 2. The minimum absolute atomic E-state index is 0.114. The zero-order valence-electron chi connectivity index (χ0n) is 12.5. The van der Waals surface area contributed by atoms with Gasteiger partial charge in [-0.3, -0.25) is 19.6 Å². The number of carbonyl (C=O) groups is 1. The van der Waals surface area contributed by atoms with Gasteiger partial charge in [-0.05, 0) is 25.0 Å². The van der Waals surface area contributed by atoms with Crippen LogP contribution < -0.4 is 5.73 Å². The van der Waals surface area contributed by atoms with Crippen molar-refractivity contribution < 1.29 is 9.72 Å². The van der Waals surface area contributed by atoms with Crippen LogP contribution in [0.3, 0.4) is 0 Å². The molecule has 120 valence electrons. The SMILES string of the molecule is Nc1ccc([N+](=O)[O-])cc1C(=O)N1CCC[C@@H](n2cccn2)C1. The maximum atomic E-state index is 12.7. The Hall–Kier alpha value is -2.90. The van der Waals surface area contributed by atoms with Crippen molar-refractivity contribution >= 4 is 17.3 Å². The first-order valence-electron chi connectivity index (χ1n) is 7.38. The highest BCUT2D eigenvalue weighted by atomic mass is 16.6. The van der Waals surface area contributed by atoms with Gasteiger partial charge in [0, 0.05) is 43.3 Å². The third-order valence-electron chi connectivity index (χ3n) is 4.06. The van der Waals surface area contributed by atoms with Gasteiger partial charge in [0.05, 0.1) is 16.5 Å². The number of rotatable bonds is 3. The number of carbonyl (C=O) groups excluding carboxylic acids is 1. The average molecular weight is 315 g/mol. The van der Waals surface area contributed by atoms with Gasteiger partial charge in [0.25, 0.3) is 11.6 Å². The lowest BCUT2D eigenvalue weighted by atomic mass is 10.0. The molecule has 0 saturated carbocycles. The number of hydrogen-bond acceptors (Lipinski definition) is 5. The molecule has 1 fully saturated rings. The first kappa shape index (κ1) is 15.0. The number of likely N-dealkylation sites (tertiary alicyclic amines) is 1. The monoisotopic (exact) mass is 315 g/mol. The Balaban J connectivity index is 1.82. The molecule has 0 radical (unpaired) electrons. The molecule has 0 aliphatic carbocycles. The summed E-state index contributed by atoms with van der Waals surface area (Å²) in [5, 5.41) is 15.1. The smallest absolute Gasteiger partial charge is 0.270 e. The van der Waals surface area contributed by atoms with Gasteiger partial charge in [-0.2, -0.15) is 5.10 Å². The van der Waals surface area contributed by atoms with E-state index < -0.39 is 4.92 Å². The molecule has 1 aliphatic heterocycles. The summed E-state index contributed by atoms with van der Waals surface area (Å²) in [4.78, 5) is 24.8. The van der Waals surface area contributed by atoms with E-state index in [0.29, 0.717) is 13.1 Å². The van der Waals surface area contributed by atoms with Crippen molar-refractivity contribution in [1.82, 2.24) is 14.7 Å². The molecule has 1 aliphatic rings. The minimum Gasteiger partial charge on any atom is -0.398 e. The van der Waals surface area contributed by atoms with E-state index in [1.54, 1.807) is 11.1 Å². The summed E-state index contributed by atoms with van der Waals surface area (Å²) < 4.78 is 1.84. The van der Waals surface area contributed by atoms with Crippen LogP contribution >= 0.6 is 0 Å². The lowest BCUT2D eigenvalue weighted by Crippen LogP contribution is -2.41. The first-order valence-corrected chi connectivity index (χ1v) is 7.38. The predicted molar refractivity (Wildman–Crippen MR) is 83.9 cm³/mol. The highest BCUT2D eigenvalue weighted by molar-refractivity contribution is 5.99. The van der Waals surface area contributed by atoms with Crippen molar-refractivity contribution in [2.75, 3.05) is 18.8 Å². The molecule has 0 spiro atoms. The Morgan fingerprint density at radius 1 is 1.43 bits per heavy atom. The van der Waals surface area contributed by atoms with Gasteiger partial charge in [-0.1, -0.05) is 0 Å². The van der Waals surface area contributed by atoms with Crippen LogP contribution in [0.2, 0.25) is 0 Å². The number of nitrogens with zero attached hydrogens (tertiary/aromatic N) is 4. The Labute approximate surface area is 132 Å². The Bertz CT molecular complexity index is 729. The quantitative estimate of drug-likeness (QED) is 0.528. The Kier molecular flexibility index (Phi) is 3.96. The number of nitro benzene ring substituents is 1. The minimum atomic E-state index is -0.529. The van der Waals surface area contributed by atoms with E-state index in [-0.39, 0.29) is 28.9 Å². The summed E-state index contributed by atoms with van der Waals surface area (Å²) in [6.07, 6.45) is 5.38. The fourth-order valence-electron chi connectivity index (χ4n) is 2.87. The van der Waals surface area contributed by atoms with Crippen LogP contribution in [0.25, 0.3) is 0 Å². The van der Waals surface area contributed by atoms with Crippen LogP contribution in [0.4, 0.5) is 11.4 Å². The summed E-state index contributed by atoms with van der Waals surface area (Å²) in [5.41, 5.74) is 6.14. The normalized spacial score (nSPS) is 17.9. The molecule has 2 aromatic rings. The number of hydrogen-bond donors (Lipinski definition) is 1. The highest BCUT2D eigenvalue weighted by Gasteiger charge is 2.27. The molecular formula is C15H17N5O3. The zero-order chi connectivity index (χ0) is 16.4. The number of non-ortho nitro benzene ring substituents is 1. The van der Waals surface area contributed by atoms with E-state index in [2.05, 4.69) is 5.10 Å². The third-order valence-corrected chi connectivity index (χ3v) is 4.06. The second-order valence-electron chi connectivity index (χ2n) is 5.56. The predicted octanol–water partition coefficient (Wildman–Crippen LogP) is 1.85. The largest absolute Gasteiger partial charge is 0.398 e. The average Bonchev–Trinajstić information content (AvgIpc) is 3.09. The molecule has 8 nitrogen and oxygen atoms in total. The molecular weight excluding hydrogens is 298 g/mol. The molecule has 1 amide bonds. The standard InChI is InChI=1S/C15H17N5O3/c16-14-5-4-11(20(22)23)9-13(14)15(21)18-7-1-3-12(10-18)19-8-2-6-17-19/h2,4-6,8-9,12H,1,3,7,10,16H2/t12-/m1/s1. The molecule has 8 heteroatoms. The van der Waals surface area contributed by atoms with Crippen LogP contribution in [0.1, 0.15) is 29.2 Å². The van der Waals surface area contributed by atoms with Crippen LogP contribution in [0, 0.1) is 10.1 Å². The molecule has 2 N–H and O–H groups in total. The zero-order valence-corrected chi connectivity index (χ0v) is 12.5. The molecule has 1 aromatic heterocycles. The van der Waals surface area contributed by atoms with Crippen molar-refractivity contribution in [3.8, 4) is 0 Å². The first-order chi connectivity index (χ1) is 11.1. The number of benzene rings is 1. The van der Waals surface area contributed by atoms with Crippen molar-refractivity contribution in [2.45, 2.75) is 18.9 Å². The van der Waals surface area contributed by atoms with Gasteiger partial charge in [-0.15, -0.1) is 0 Å². The highest BCUT2D eigenvalue weighted by Crippen LogP contribution is 2.25. The number of piperidine rings is 1. The van der Waals surface area contributed by atoms with E-state index in [1.807, 2.05) is 16.9 Å². The maximum Gasteiger partial charge on any atom is 0.270 e. The molecule has 2 heterocycles. The molecule has 0 bridgehead atoms. The summed E-state index contributed by atoms with van der Waals surface area (Å²) in [7, 11) is 0. The number of nitro groups is 1. The van der Waals surface area contributed by atoms with E-state index in [4.69, 9.17) is 5.73 Å². The number of nitrogen functional groups attached to an aromatic ring is 1. The van der Waals surface area contributed by atoms with Crippen LogP contribution in [-0.2, 0) is 0 Å². The van der Waals surface area contributed by atoms with Crippen molar-refractivity contribution in [3.05, 3.63) is 52.3 Å². The van der Waals surface area contributed by atoms with Crippen LogP contribution in [0.5, 0.6) is 0 Å². The van der Waals surface area contributed by atoms with E-state index in [0.717, 1.165) is 12.8 Å². The van der Waals surface area contributed by atoms with Crippen molar-refractivity contribution in [3.63, 3.8) is 0 Å². The summed E-state index contributed by atoms with van der Waals surface area (Å²) in [6, 6.07) is 5.91. The number of nitrogens with two attached hydrogens (primary N) is 1. The molecule has 1 atom stereocenters. The molecule has 23 heavy (non-hydrogen) atoms. The Morgan fingerprint density at radius 3 is 2.96 bits per heavy atom. The van der Waals surface area contributed by atoms with Gasteiger partial charge in [-0.25, -0.2) is 0 Å². The van der Waals surface area contributed by atoms with Crippen molar-refractivity contribution in [2.24, 2.45) is 0 Å². The van der Waals surface area contributed by atoms with Gasteiger partial charge in [0.2, 0.25) is 0 Å². The summed E-state index contributed by atoms with van der Waals surface area (Å²) >= 11 is 0. The second-order valence-corrected chi connectivity index (χ2v) is 5.56. The van der Waals surface area contributed by atoms with Crippen LogP contribution in [0.15, 0.2) is 36.7 Å². The lowest BCUT2D eigenvalue weighted by Gasteiger charge is -2.33. The maximum absolute atomic E-state index is 12.7.